The summed E-state index contributed by atoms with van der Waals surface area (Å²) in [4.78, 5) is 0. The Balaban J connectivity index is 1.95. The van der Waals surface area contributed by atoms with Gasteiger partial charge in [-0.2, -0.15) is 0 Å². The molecular weight excluding hydrogens is 305 g/mol. The van der Waals surface area contributed by atoms with Crippen molar-refractivity contribution in [1.82, 2.24) is 4.31 Å². The van der Waals surface area contributed by atoms with Crippen molar-refractivity contribution in [2.75, 3.05) is 18.8 Å². The molecule has 1 heterocycles. The number of sulfonamides is 1. The normalized spacial score (nSPS) is 19.5. The zero-order chi connectivity index (χ0) is 16.3. The zero-order valence-electron chi connectivity index (χ0n) is 13.1. The topological polar surface area (TPSA) is 57.6 Å². The van der Waals surface area contributed by atoms with Gasteiger partial charge in [-0.1, -0.05) is 26.0 Å². The fraction of sp³-hybridized carbons (Fsp3) is 0.625. The summed E-state index contributed by atoms with van der Waals surface area (Å²) >= 11 is 0. The maximum atomic E-state index is 12.9. The summed E-state index contributed by atoms with van der Waals surface area (Å²) in [7, 11) is -3.20. The number of rotatable bonds is 5. The Morgan fingerprint density at radius 3 is 2.27 bits per heavy atom. The number of nitrogens with zero attached hydrogens (tertiary/aromatic N) is 1. The van der Waals surface area contributed by atoms with Gasteiger partial charge >= 0.3 is 0 Å². The molecule has 0 radical (unpaired) electrons. The summed E-state index contributed by atoms with van der Waals surface area (Å²) in [5, 5.41) is 10.4. The molecule has 2 rings (SSSR count). The minimum absolute atomic E-state index is 0.0101. The molecule has 1 unspecified atom stereocenters. The molecule has 0 aliphatic carbocycles. The number of hydrogen-bond donors (Lipinski definition) is 1. The standard InChI is InChI=1S/C16H24FNO3S/c1-12(2)11-22(20,21)18-9-7-14(8-10-18)16(19)13-3-5-15(17)6-4-13/h3-6,12,14,16,19H,7-11H2,1-2H3. The minimum atomic E-state index is -3.20. The Hall–Kier alpha value is -0.980. The van der Waals surface area contributed by atoms with Crippen LogP contribution in [-0.2, 0) is 10.0 Å². The van der Waals surface area contributed by atoms with E-state index in [1.807, 2.05) is 13.8 Å². The fourth-order valence-corrected chi connectivity index (χ4v) is 4.75. The van der Waals surface area contributed by atoms with Crippen molar-refractivity contribution >= 4 is 10.0 Å². The van der Waals surface area contributed by atoms with E-state index in [1.165, 1.54) is 16.4 Å². The average molecular weight is 329 g/mol. The first-order valence-electron chi connectivity index (χ1n) is 7.71. The van der Waals surface area contributed by atoms with E-state index >= 15 is 0 Å². The van der Waals surface area contributed by atoms with E-state index in [0.29, 0.717) is 31.5 Å². The average Bonchev–Trinajstić information content (AvgIpc) is 2.46. The lowest BCUT2D eigenvalue weighted by atomic mass is 9.88. The van der Waals surface area contributed by atoms with Gasteiger partial charge < -0.3 is 5.11 Å². The highest BCUT2D eigenvalue weighted by Gasteiger charge is 2.31. The van der Waals surface area contributed by atoms with Gasteiger partial charge in [0, 0.05) is 13.1 Å². The van der Waals surface area contributed by atoms with Gasteiger partial charge in [0.1, 0.15) is 5.82 Å². The molecule has 1 aromatic carbocycles. The summed E-state index contributed by atoms with van der Waals surface area (Å²) in [6.07, 6.45) is 0.571. The van der Waals surface area contributed by atoms with Crippen molar-refractivity contribution in [3.63, 3.8) is 0 Å². The lowest BCUT2D eigenvalue weighted by Crippen LogP contribution is -2.41. The van der Waals surface area contributed by atoms with Crippen molar-refractivity contribution in [3.8, 4) is 0 Å². The Labute approximate surface area is 132 Å². The highest BCUT2D eigenvalue weighted by atomic mass is 32.2. The van der Waals surface area contributed by atoms with Crippen molar-refractivity contribution in [3.05, 3.63) is 35.6 Å². The number of hydrogen-bond acceptors (Lipinski definition) is 3. The molecule has 4 nitrogen and oxygen atoms in total. The van der Waals surface area contributed by atoms with Crippen LogP contribution in [0.2, 0.25) is 0 Å². The third kappa shape index (κ3) is 4.27. The summed E-state index contributed by atoms with van der Waals surface area (Å²) in [6.45, 7) is 4.67. The molecule has 0 amide bonds. The molecule has 124 valence electrons. The van der Waals surface area contributed by atoms with Gasteiger partial charge in [-0.15, -0.1) is 0 Å². The molecule has 1 aliphatic heterocycles. The van der Waals surface area contributed by atoms with Gasteiger partial charge in [0.2, 0.25) is 10.0 Å². The van der Waals surface area contributed by atoms with Gasteiger partial charge in [-0.3, -0.25) is 0 Å². The number of aliphatic hydroxyl groups is 1. The van der Waals surface area contributed by atoms with Crippen LogP contribution in [0.1, 0.15) is 38.4 Å². The van der Waals surface area contributed by atoms with Crippen LogP contribution < -0.4 is 0 Å². The van der Waals surface area contributed by atoms with E-state index < -0.39 is 16.1 Å². The Morgan fingerprint density at radius 1 is 1.23 bits per heavy atom. The molecule has 1 aromatic rings. The first-order valence-corrected chi connectivity index (χ1v) is 9.32. The third-order valence-electron chi connectivity index (χ3n) is 4.09. The van der Waals surface area contributed by atoms with Gasteiger partial charge in [0.25, 0.3) is 0 Å². The van der Waals surface area contributed by atoms with Crippen molar-refractivity contribution < 1.29 is 17.9 Å². The monoisotopic (exact) mass is 329 g/mol. The Kier molecular flexibility index (Phi) is 5.58. The van der Waals surface area contributed by atoms with E-state index in [9.17, 15) is 17.9 Å². The Bertz CT molecular complexity index is 578. The molecule has 0 bridgehead atoms. The second-order valence-corrected chi connectivity index (χ2v) is 8.42. The number of halogens is 1. The van der Waals surface area contributed by atoms with Crippen LogP contribution in [0.3, 0.4) is 0 Å². The second-order valence-electron chi connectivity index (χ2n) is 6.41. The smallest absolute Gasteiger partial charge is 0.214 e. The lowest BCUT2D eigenvalue weighted by molar-refractivity contribution is 0.0759. The molecule has 1 saturated heterocycles. The first kappa shape index (κ1) is 17.4. The molecule has 6 heteroatoms. The number of piperidine rings is 1. The molecule has 0 saturated carbocycles. The van der Waals surface area contributed by atoms with E-state index in [4.69, 9.17) is 0 Å². The second kappa shape index (κ2) is 7.06. The molecule has 1 N–H and O–H groups in total. The minimum Gasteiger partial charge on any atom is -0.388 e. The Morgan fingerprint density at radius 2 is 1.77 bits per heavy atom. The molecule has 1 atom stereocenters. The summed E-state index contributed by atoms with van der Waals surface area (Å²) in [6, 6.07) is 5.84. The maximum Gasteiger partial charge on any atom is 0.214 e. The number of benzene rings is 1. The molecule has 1 fully saturated rings. The zero-order valence-corrected chi connectivity index (χ0v) is 13.9. The summed E-state index contributed by atoms with van der Waals surface area (Å²) in [5.41, 5.74) is 0.685. The molecule has 0 aromatic heterocycles. The lowest BCUT2D eigenvalue weighted by Gasteiger charge is -2.34. The first-order chi connectivity index (χ1) is 10.3. The van der Waals surface area contributed by atoms with E-state index in [0.717, 1.165) is 0 Å². The SMILES string of the molecule is CC(C)CS(=O)(=O)N1CCC(C(O)c2ccc(F)cc2)CC1. The van der Waals surface area contributed by atoms with Gasteiger partial charge in [0.15, 0.2) is 0 Å². The van der Waals surface area contributed by atoms with E-state index in [1.54, 1.807) is 12.1 Å². The van der Waals surface area contributed by atoms with Crippen LogP contribution in [0.25, 0.3) is 0 Å². The van der Waals surface area contributed by atoms with Crippen LogP contribution in [0, 0.1) is 17.7 Å². The molecule has 0 spiro atoms. The fourth-order valence-electron chi connectivity index (χ4n) is 2.93. The van der Waals surface area contributed by atoms with E-state index in [-0.39, 0.29) is 23.4 Å². The van der Waals surface area contributed by atoms with Crippen molar-refractivity contribution in [2.24, 2.45) is 11.8 Å². The van der Waals surface area contributed by atoms with Crippen LogP contribution in [0.5, 0.6) is 0 Å². The largest absolute Gasteiger partial charge is 0.388 e. The predicted octanol–water partition coefficient (Wildman–Crippen LogP) is 2.56. The van der Waals surface area contributed by atoms with E-state index in [2.05, 4.69) is 0 Å². The molecule has 22 heavy (non-hydrogen) atoms. The van der Waals surface area contributed by atoms with Crippen molar-refractivity contribution in [1.29, 1.82) is 0 Å². The maximum absolute atomic E-state index is 12.9. The third-order valence-corrected chi connectivity index (χ3v) is 6.33. The van der Waals surface area contributed by atoms with Crippen LogP contribution in [-0.4, -0.2) is 36.7 Å². The highest BCUT2D eigenvalue weighted by Crippen LogP contribution is 2.31. The van der Waals surface area contributed by atoms with Gasteiger partial charge in [-0.25, -0.2) is 17.1 Å². The summed E-state index contributed by atoms with van der Waals surface area (Å²) in [5.74, 6) is -0.0490. The highest BCUT2D eigenvalue weighted by molar-refractivity contribution is 7.89. The van der Waals surface area contributed by atoms with Crippen molar-refractivity contribution in [2.45, 2.75) is 32.8 Å². The quantitative estimate of drug-likeness (QED) is 0.903. The van der Waals surface area contributed by atoms with Gasteiger partial charge in [-0.05, 0) is 42.4 Å². The molecular formula is C16H24FNO3S. The summed E-state index contributed by atoms with van der Waals surface area (Å²) < 4.78 is 38.9. The van der Waals surface area contributed by atoms with Gasteiger partial charge in [0.05, 0.1) is 11.9 Å². The number of aliphatic hydroxyl groups excluding tert-OH is 1. The van der Waals surface area contributed by atoms with Crippen LogP contribution in [0.15, 0.2) is 24.3 Å². The van der Waals surface area contributed by atoms with Crippen LogP contribution >= 0.6 is 0 Å². The molecule has 1 aliphatic rings. The predicted molar refractivity (Wildman–Crippen MR) is 84.3 cm³/mol. The van der Waals surface area contributed by atoms with Crippen LogP contribution in [0.4, 0.5) is 4.39 Å².